The maximum Gasteiger partial charge on any atom is 0.243 e. The summed E-state index contributed by atoms with van der Waals surface area (Å²) < 4.78 is 40.1. The van der Waals surface area contributed by atoms with E-state index in [1.165, 1.54) is 24.6 Å². The van der Waals surface area contributed by atoms with E-state index in [9.17, 15) is 22.4 Å². The Labute approximate surface area is 230 Å². The van der Waals surface area contributed by atoms with Crippen LogP contribution in [0.15, 0.2) is 48.5 Å². The summed E-state index contributed by atoms with van der Waals surface area (Å²) in [6, 6.07) is 12.2. The zero-order valence-corrected chi connectivity index (χ0v) is 23.6. The second-order valence-electron chi connectivity index (χ2n) is 9.81. The standard InChI is InChI=1S/C28H37ClFN3O4S/c1-3-25(28(35)31-23-10-5-4-6-11-23)32(20-21-15-17-22(29)18-16-21)27(34)14-9-19-33(38(2,36)37)26-13-8-7-12-24(26)30/h7-8,12-13,15-18,23,25H,3-6,9-11,14,19-20H2,1-2H3,(H,31,35). The first kappa shape index (κ1) is 29.9. The van der Waals surface area contributed by atoms with E-state index in [0.29, 0.717) is 11.4 Å². The van der Waals surface area contributed by atoms with Gasteiger partial charge in [0.05, 0.1) is 11.9 Å². The number of carbonyl (C=O) groups is 2. The highest BCUT2D eigenvalue weighted by Crippen LogP contribution is 2.23. The summed E-state index contributed by atoms with van der Waals surface area (Å²) in [6.45, 7) is 2.03. The fraction of sp³-hybridized carbons (Fsp3) is 0.500. The van der Waals surface area contributed by atoms with Crippen LogP contribution in [-0.2, 0) is 26.2 Å². The van der Waals surface area contributed by atoms with Gasteiger partial charge in [-0.3, -0.25) is 13.9 Å². The molecule has 38 heavy (non-hydrogen) atoms. The molecule has 2 aromatic rings. The van der Waals surface area contributed by atoms with Gasteiger partial charge in [-0.1, -0.05) is 62.1 Å². The number of benzene rings is 2. The fourth-order valence-corrected chi connectivity index (χ4v) is 5.98. The van der Waals surface area contributed by atoms with Crippen LogP contribution in [0.3, 0.4) is 0 Å². The Morgan fingerprint density at radius 2 is 1.74 bits per heavy atom. The Balaban J connectivity index is 1.76. The summed E-state index contributed by atoms with van der Waals surface area (Å²) in [6.07, 6.45) is 6.80. The van der Waals surface area contributed by atoms with Crippen LogP contribution >= 0.6 is 11.6 Å². The molecular formula is C28H37ClFN3O4S. The molecule has 0 aliphatic heterocycles. The molecular weight excluding hydrogens is 529 g/mol. The third-order valence-corrected chi connectivity index (χ3v) is 8.31. The molecule has 1 fully saturated rings. The lowest BCUT2D eigenvalue weighted by Gasteiger charge is -2.33. The molecule has 7 nitrogen and oxygen atoms in total. The van der Waals surface area contributed by atoms with Crippen LogP contribution in [0.4, 0.5) is 10.1 Å². The van der Waals surface area contributed by atoms with Crippen LogP contribution in [0, 0.1) is 5.82 Å². The van der Waals surface area contributed by atoms with Crippen molar-refractivity contribution in [2.24, 2.45) is 0 Å². The number of hydrogen-bond acceptors (Lipinski definition) is 4. The predicted molar refractivity (Wildman–Crippen MR) is 149 cm³/mol. The molecule has 1 aliphatic rings. The van der Waals surface area contributed by atoms with Crippen molar-refractivity contribution in [2.75, 3.05) is 17.1 Å². The van der Waals surface area contributed by atoms with Gasteiger partial charge in [0.1, 0.15) is 11.9 Å². The van der Waals surface area contributed by atoms with Gasteiger partial charge in [0.25, 0.3) is 0 Å². The van der Waals surface area contributed by atoms with Gasteiger partial charge < -0.3 is 10.2 Å². The molecule has 1 atom stereocenters. The highest BCUT2D eigenvalue weighted by atomic mass is 35.5. The second kappa shape index (κ2) is 13.9. The molecule has 0 heterocycles. The van der Waals surface area contributed by atoms with Crippen LogP contribution in [0.2, 0.25) is 5.02 Å². The molecule has 0 aromatic heterocycles. The van der Waals surface area contributed by atoms with E-state index in [4.69, 9.17) is 11.6 Å². The van der Waals surface area contributed by atoms with Gasteiger partial charge in [0, 0.05) is 30.6 Å². The molecule has 1 N–H and O–H groups in total. The first-order valence-electron chi connectivity index (χ1n) is 13.2. The normalized spacial score (nSPS) is 15.1. The number of halogens is 2. The Hall–Kier alpha value is -2.65. The number of rotatable bonds is 12. The van der Waals surface area contributed by atoms with Crippen LogP contribution in [0.25, 0.3) is 0 Å². The third kappa shape index (κ3) is 8.43. The number of sulfonamides is 1. The molecule has 0 radical (unpaired) electrons. The lowest BCUT2D eigenvalue weighted by atomic mass is 9.95. The molecule has 10 heteroatoms. The minimum atomic E-state index is -3.77. The Bertz CT molecular complexity index is 1190. The average Bonchev–Trinajstić information content (AvgIpc) is 2.88. The summed E-state index contributed by atoms with van der Waals surface area (Å²) in [4.78, 5) is 28.4. The van der Waals surface area contributed by atoms with E-state index in [1.54, 1.807) is 23.1 Å². The Morgan fingerprint density at radius 1 is 1.08 bits per heavy atom. The van der Waals surface area contributed by atoms with Gasteiger partial charge in [-0.25, -0.2) is 12.8 Å². The average molecular weight is 566 g/mol. The molecule has 2 aromatic carbocycles. The summed E-state index contributed by atoms with van der Waals surface area (Å²) in [7, 11) is -3.77. The highest BCUT2D eigenvalue weighted by molar-refractivity contribution is 7.92. The minimum Gasteiger partial charge on any atom is -0.352 e. The molecule has 1 saturated carbocycles. The van der Waals surface area contributed by atoms with Crippen molar-refractivity contribution in [3.63, 3.8) is 0 Å². The number of amides is 2. The second-order valence-corrected chi connectivity index (χ2v) is 12.1. The summed E-state index contributed by atoms with van der Waals surface area (Å²) >= 11 is 6.03. The molecule has 0 saturated heterocycles. The van der Waals surface area contributed by atoms with E-state index in [-0.39, 0.29) is 49.5 Å². The maximum absolute atomic E-state index is 14.4. The quantitative estimate of drug-likeness (QED) is 0.379. The number of carbonyl (C=O) groups excluding carboxylic acids is 2. The number of hydrogen-bond donors (Lipinski definition) is 1. The molecule has 1 unspecified atom stereocenters. The van der Waals surface area contributed by atoms with Gasteiger partial charge in [0.15, 0.2) is 0 Å². The molecule has 3 rings (SSSR count). The fourth-order valence-electron chi connectivity index (χ4n) is 4.89. The lowest BCUT2D eigenvalue weighted by Crippen LogP contribution is -2.51. The zero-order valence-electron chi connectivity index (χ0n) is 22.0. The number of nitrogens with zero attached hydrogens (tertiary/aromatic N) is 2. The van der Waals surface area contributed by atoms with Gasteiger partial charge in [-0.15, -0.1) is 0 Å². The molecule has 1 aliphatic carbocycles. The van der Waals surface area contributed by atoms with Crippen LogP contribution in [0.1, 0.15) is 63.9 Å². The predicted octanol–water partition coefficient (Wildman–Crippen LogP) is 5.28. The minimum absolute atomic E-state index is 0.00126. The summed E-state index contributed by atoms with van der Waals surface area (Å²) in [5.41, 5.74) is 0.773. The van der Waals surface area contributed by atoms with Crippen molar-refractivity contribution >= 4 is 39.1 Å². The molecule has 0 spiro atoms. The lowest BCUT2D eigenvalue weighted by molar-refractivity contribution is -0.141. The zero-order chi connectivity index (χ0) is 27.7. The largest absolute Gasteiger partial charge is 0.352 e. The van der Waals surface area contributed by atoms with Gasteiger partial charge >= 0.3 is 0 Å². The van der Waals surface area contributed by atoms with E-state index in [1.807, 2.05) is 19.1 Å². The smallest absolute Gasteiger partial charge is 0.243 e. The molecule has 208 valence electrons. The SMILES string of the molecule is CCC(C(=O)NC1CCCCC1)N(Cc1ccc(Cl)cc1)C(=O)CCCN(c1ccccc1F)S(C)(=O)=O. The number of nitrogens with one attached hydrogen (secondary N) is 1. The van der Waals surface area contributed by atoms with Crippen LogP contribution in [-0.4, -0.2) is 50.0 Å². The van der Waals surface area contributed by atoms with Crippen molar-refractivity contribution in [3.05, 3.63) is 64.9 Å². The molecule has 0 bridgehead atoms. The van der Waals surface area contributed by atoms with Crippen molar-refractivity contribution in [3.8, 4) is 0 Å². The third-order valence-electron chi connectivity index (χ3n) is 6.88. The van der Waals surface area contributed by atoms with E-state index in [0.717, 1.165) is 41.8 Å². The van der Waals surface area contributed by atoms with Gasteiger partial charge in [-0.05, 0) is 55.5 Å². The van der Waals surface area contributed by atoms with Crippen molar-refractivity contribution < 1.29 is 22.4 Å². The first-order chi connectivity index (χ1) is 18.1. The topological polar surface area (TPSA) is 86.8 Å². The monoisotopic (exact) mass is 565 g/mol. The Kier molecular flexibility index (Phi) is 11.0. The van der Waals surface area contributed by atoms with Crippen LogP contribution < -0.4 is 9.62 Å². The van der Waals surface area contributed by atoms with Crippen molar-refractivity contribution in [1.82, 2.24) is 10.2 Å². The van der Waals surface area contributed by atoms with Gasteiger partial charge in [-0.2, -0.15) is 0 Å². The van der Waals surface area contributed by atoms with Crippen molar-refractivity contribution in [2.45, 2.75) is 76.9 Å². The number of para-hydroxylation sites is 1. The Morgan fingerprint density at radius 3 is 2.34 bits per heavy atom. The highest BCUT2D eigenvalue weighted by Gasteiger charge is 2.30. The van der Waals surface area contributed by atoms with E-state index >= 15 is 0 Å². The van der Waals surface area contributed by atoms with Crippen molar-refractivity contribution in [1.29, 1.82) is 0 Å². The molecule has 2 amide bonds. The van der Waals surface area contributed by atoms with E-state index < -0.39 is 21.9 Å². The van der Waals surface area contributed by atoms with Crippen LogP contribution in [0.5, 0.6) is 0 Å². The summed E-state index contributed by atoms with van der Waals surface area (Å²) in [5, 5.41) is 3.71. The van der Waals surface area contributed by atoms with E-state index in [2.05, 4.69) is 5.32 Å². The first-order valence-corrected chi connectivity index (χ1v) is 15.4. The summed E-state index contributed by atoms with van der Waals surface area (Å²) in [5.74, 6) is -1.10. The maximum atomic E-state index is 14.4. The number of anilines is 1. The van der Waals surface area contributed by atoms with Gasteiger partial charge in [0.2, 0.25) is 21.8 Å².